The van der Waals surface area contributed by atoms with Gasteiger partial charge < -0.3 is 11.1 Å². The van der Waals surface area contributed by atoms with Gasteiger partial charge in [0.15, 0.2) is 0 Å². The highest BCUT2D eigenvalue weighted by atomic mass is 32.2. The van der Waals surface area contributed by atoms with E-state index in [0.717, 1.165) is 19.3 Å². The van der Waals surface area contributed by atoms with E-state index >= 15 is 0 Å². The van der Waals surface area contributed by atoms with Crippen LogP contribution in [0.3, 0.4) is 0 Å². The molecule has 0 aliphatic carbocycles. The third-order valence-electron chi connectivity index (χ3n) is 3.44. The number of anilines is 1. The first-order valence-electron chi connectivity index (χ1n) is 8.04. The zero-order valence-electron chi connectivity index (χ0n) is 13.8. The van der Waals surface area contributed by atoms with Crippen molar-refractivity contribution in [2.24, 2.45) is 5.73 Å². The topological polar surface area (TPSA) is 101 Å². The van der Waals surface area contributed by atoms with Crippen molar-refractivity contribution in [2.75, 3.05) is 17.0 Å². The highest BCUT2D eigenvalue weighted by Gasteiger charge is 2.18. The van der Waals surface area contributed by atoms with Crippen molar-refractivity contribution in [3.8, 4) is 0 Å². The van der Waals surface area contributed by atoms with Gasteiger partial charge in [0.1, 0.15) is 0 Å². The molecular formula is C16H27N3O3S. The molecule has 0 saturated heterocycles. The first-order chi connectivity index (χ1) is 10.9. The molecule has 0 saturated carbocycles. The van der Waals surface area contributed by atoms with Crippen LogP contribution in [0.4, 0.5) is 5.69 Å². The number of sulfonamides is 1. The number of carbonyl (C=O) groups is 1. The zero-order chi connectivity index (χ0) is 17.3. The number of hydrogen-bond donors (Lipinski definition) is 3. The Morgan fingerprint density at radius 1 is 1.22 bits per heavy atom. The van der Waals surface area contributed by atoms with Crippen LogP contribution in [0.5, 0.6) is 0 Å². The maximum absolute atomic E-state index is 12.4. The molecule has 7 heteroatoms. The summed E-state index contributed by atoms with van der Waals surface area (Å²) >= 11 is 0. The Morgan fingerprint density at radius 2 is 1.91 bits per heavy atom. The molecule has 0 fully saturated rings. The lowest BCUT2D eigenvalue weighted by Gasteiger charge is -2.18. The molecule has 0 heterocycles. The van der Waals surface area contributed by atoms with E-state index in [1.165, 1.54) is 0 Å². The van der Waals surface area contributed by atoms with E-state index in [1.54, 1.807) is 31.2 Å². The van der Waals surface area contributed by atoms with Gasteiger partial charge in [-0.25, -0.2) is 8.42 Å². The predicted octanol–water partition coefficient (Wildman–Crippen LogP) is 2.09. The van der Waals surface area contributed by atoms with Crippen LogP contribution in [0.2, 0.25) is 0 Å². The second-order valence-electron chi connectivity index (χ2n) is 5.51. The molecule has 1 aromatic rings. The first-order valence-corrected chi connectivity index (χ1v) is 9.69. The van der Waals surface area contributed by atoms with E-state index in [0.29, 0.717) is 24.2 Å². The van der Waals surface area contributed by atoms with E-state index in [-0.39, 0.29) is 17.7 Å². The Kier molecular flexibility index (Phi) is 8.05. The molecule has 0 aliphatic rings. The maximum Gasteiger partial charge on any atom is 0.253 e. The van der Waals surface area contributed by atoms with E-state index in [2.05, 4.69) is 17.0 Å². The van der Waals surface area contributed by atoms with Gasteiger partial charge in [-0.1, -0.05) is 38.8 Å². The van der Waals surface area contributed by atoms with Gasteiger partial charge in [0, 0.05) is 12.6 Å². The van der Waals surface area contributed by atoms with Crippen molar-refractivity contribution in [2.45, 2.75) is 45.6 Å². The van der Waals surface area contributed by atoms with Crippen LogP contribution in [0.25, 0.3) is 0 Å². The molecule has 0 aromatic heterocycles. The standard InChI is InChI=1S/C16H27N3O3S/c1-3-5-8-13(12-17)18-16(20)14-9-6-7-10-15(14)19-23(21,22)11-4-2/h6-7,9-10,13,19H,3-5,8,11-12,17H2,1-2H3,(H,18,20). The minimum absolute atomic E-state index is 0.0187. The van der Waals surface area contributed by atoms with Crippen LogP contribution in [0, 0.1) is 0 Å². The second-order valence-corrected chi connectivity index (χ2v) is 7.36. The number of unbranched alkanes of at least 4 members (excludes halogenated alkanes) is 1. The predicted molar refractivity (Wildman–Crippen MR) is 94.0 cm³/mol. The summed E-state index contributed by atoms with van der Waals surface area (Å²) in [6, 6.07) is 6.48. The van der Waals surface area contributed by atoms with Crippen LogP contribution in [0.15, 0.2) is 24.3 Å². The molecule has 0 radical (unpaired) electrons. The zero-order valence-corrected chi connectivity index (χ0v) is 14.7. The highest BCUT2D eigenvalue weighted by Crippen LogP contribution is 2.17. The molecule has 0 aliphatic heterocycles. The smallest absolute Gasteiger partial charge is 0.253 e. The molecular weight excluding hydrogens is 314 g/mol. The van der Waals surface area contributed by atoms with Crippen molar-refractivity contribution >= 4 is 21.6 Å². The molecule has 23 heavy (non-hydrogen) atoms. The molecule has 1 aromatic carbocycles. The Hall–Kier alpha value is -1.60. The second kappa shape index (κ2) is 9.52. The van der Waals surface area contributed by atoms with Crippen molar-refractivity contribution in [3.05, 3.63) is 29.8 Å². The molecule has 1 rings (SSSR count). The van der Waals surface area contributed by atoms with Gasteiger partial charge in [-0.15, -0.1) is 0 Å². The SMILES string of the molecule is CCCCC(CN)NC(=O)c1ccccc1NS(=O)(=O)CCC. The number of amides is 1. The van der Waals surface area contributed by atoms with Crippen molar-refractivity contribution in [1.82, 2.24) is 5.32 Å². The summed E-state index contributed by atoms with van der Waals surface area (Å²) in [7, 11) is -3.44. The minimum Gasteiger partial charge on any atom is -0.348 e. The summed E-state index contributed by atoms with van der Waals surface area (Å²) in [5, 5.41) is 2.88. The number of nitrogens with one attached hydrogen (secondary N) is 2. The Labute approximate surface area is 138 Å². The van der Waals surface area contributed by atoms with Crippen LogP contribution in [0.1, 0.15) is 49.9 Å². The average Bonchev–Trinajstić information content (AvgIpc) is 2.51. The third-order valence-corrected chi connectivity index (χ3v) is 4.91. The monoisotopic (exact) mass is 341 g/mol. The van der Waals surface area contributed by atoms with E-state index in [4.69, 9.17) is 5.73 Å². The fourth-order valence-corrected chi connectivity index (χ4v) is 3.37. The molecule has 0 bridgehead atoms. The first kappa shape index (κ1) is 19.4. The minimum atomic E-state index is -3.44. The molecule has 1 amide bonds. The molecule has 0 spiro atoms. The summed E-state index contributed by atoms with van der Waals surface area (Å²) in [6.07, 6.45) is 3.32. The number of rotatable bonds is 10. The van der Waals surface area contributed by atoms with Gasteiger partial charge in [-0.3, -0.25) is 9.52 Å². The number of para-hydroxylation sites is 1. The summed E-state index contributed by atoms with van der Waals surface area (Å²) in [5.74, 6) is -0.295. The molecule has 1 unspecified atom stereocenters. The highest BCUT2D eigenvalue weighted by molar-refractivity contribution is 7.92. The Balaban J connectivity index is 2.89. The normalized spacial score (nSPS) is 12.7. The van der Waals surface area contributed by atoms with Crippen LogP contribution < -0.4 is 15.8 Å². The van der Waals surface area contributed by atoms with Crippen molar-refractivity contribution in [3.63, 3.8) is 0 Å². The fourth-order valence-electron chi connectivity index (χ4n) is 2.22. The van der Waals surface area contributed by atoms with Gasteiger partial charge in [0.2, 0.25) is 10.0 Å². The third kappa shape index (κ3) is 6.58. The number of hydrogen-bond acceptors (Lipinski definition) is 4. The lowest BCUT2D eigenvalue weighted by Crippen LogP contribution is -2.40. The Bertz CT molecular complexity index is 602. The fraction of sp³-hybridized carbons (Fsp3) is 0.562. The average molecular weight is 341 g/mol. The number of benzene rings is 1. The van der Waals surface area contributed by atoms with Crippen LogP contribution in [-0.2, 0) is 10.0 Å². The lowest BCUT2D eigenvalue weighted by atomic mass is 10.1. The van der Waals surface area contributed by atoms with E-state index < -0.39 is 10.0 Å². The summed E-state index contributed by atoms with van der Waals surface area (Å²) < 4.78 is 26.3. The largest absolute Gasteiger partial charge is 0.348 e. The van der Waals surface area contributed by atoms with E-state index in [1.807, 2.05) is 0 Å². The summed E-state index contributed by atoms with van der Waals surface area (Å²) in [4.78, 5) is 12.4. The van der Waals surface area contributed by atoms with Gasteiger partial charge >= 0.3 is 0 Å². The van der Waals surface area contributed by atoms with Gasteiger partial charge in [-0.05, 0) is 25.0 Å². The molecule has 4 N–H and O–H groups in total. The number of carbonyl (C=O) groups excluding carboxylic acids is 1. The van der Waals surface area contributed by atoms with Crippen molar-refractivity contribution in [1.29, 1.82) is 0 Å². The number of nitrogens with two attached hydrogens (primary N) is 1. The summed E-state index contributed by atoms with van der Waals surface area (Å²) in [6.45, 7) is 4.22. The lowest BCUT2D eigenvalue weighted by molar-refractivity contribution is 0.0936. The van der Waals surface area contributed by atoms with E-state index in [9.17, 15) is 13.2 Å². The summed E-state index contributed by atoms with van der Waals surface area (Å²) in [5.41, 5.74) is 6.30. The molecule has 6 nitrogen and oxygen atoms in total. The molecule has 130 valence electrons. The van der Waals surface area contributed by atoms with Crippen molar-refractivity contribution < 1.29 is 13.2 Å². The van der Waals surface area contributed by atoms with Gasteiger partial charge in [0.25, 0.3) is 5.91 Å². The quantitative estimate of drug-likeness (QED) is 0.606. The Morgan fingerprint density at radius 3 is 2.52 bits per heavy atom. The van der Waals surface area contributed by atoms with Crippen LogP contribution >= 0.6 is 0 Å². The van der Waals surface area contributed by atoms with Gasteiger partial charge in [0.05, 0.1) is 17.0 Å². The van der Waals surface area contributed by atoms with Gasteiger partial charge in [-0.2, -0.15) is 0 Å². The molecule has 1 atom stereocenters. The maximum atomic E-state index is 12.4. The van der Waals surface area contributed by atoms with Crippen LogP contribution in [-0.4, -0.2) is 32.7 Å².